The summed E-state index contributed by atoms with van der Waals surface area (Å²) in [4.78, 5) is 34.9. The second kappa shape index (κ2) is 7.36. The number of hydrogen-bond acceptors (Lipinski definition) is 5. The lowest BCUT2D eigenvalue weighted by Gasteiger charge is -2.08. The fourth-order valence-electron chi connectivity index (χ4n) is 1.96. The molecule has 6 nitrogen and oxygen atoms in total. The van der Waals surface area contributed by atoms with Gasteiger partial charge in [-0.15, -0.1) is 0 Å². The largest absolute Gasteiger partial charge is 0.496 e. The highest BCUT2D eigenvalue weighted by Crippen LogP contribution is 2.20. The Bertz CT molecular complexity index is 786. The molecule has 0 aromatic heterocycles. The number of carbonyl (C=O) groups is 3. The number of ketones is 1. The lowest BCUT2D eigenvalue weighted by Crippen LogP contribution is -2.16. The molecule has 1 amide bonds. The Morgan fingerprint density at radius 3 is 2.25 bits per heavy atom. The van der Waals surface area contributed by atoms with Gasteiger partial charge in [0, 0.05) is 5.56 Å². The van der Waals surface area contributed by atoms with E-state index in [9.17, 15) is 18.8 Å². The molecular weight excluding hydrogens is 317 g/mol. The van der Waals surface area contributed by atoms with Gasteiger partial charge in [0.15, 0.2) is 6.61 Å². The number of amides is 1. The number of primary amides is 1. The Morgan fingerprint density at radius 2 is 1.67 bits per heavy atom. The number of hydrogen-bond donors (Lipinski definition) is 1. The maximum absolute atomic E-state index is 13.3. The van der Waals surface area contributed by atoms with Crippen LogP contribution in [0.1, 0.15) is 31.1 Å². The number of esters is 1. The molecule has 0 unspecified atom stereocenters. The zero-order valence-corrected chi connectivity index (χ0v) is 12.7. The fourth-order valence-corrected chi connectivity index (χ4v) is 1.96. The second-order valence-corrected chi connectivity index (χ2v) is 4.79. The van der Waals surface area contributed by atoms with E-state index in [0.29, 0.717) is 0 Å². The number of Topliss-reactive ketones (excluding diaryl/α,β-unsaturated/α-hetero) is 1. The molecule has 0 bridgehead atoms. The van der Waals surface area contributed by atoms with E-state index in [1.165, 1.54) is 37.4 Å². The van der Waals surface area contributed by atoms with E-state index in [1.54, 1.807) is 0 Å². The first kappa shape index (κ1) is 17.1. The van der Waals surface area contributed by atoms with Gasteiger partial charge in [0.05, 0.1) is 18.2 Å². The smallest absolute Gasteiger partial charge is 0.338 e. The summed E-state index contributed by atoms with van der Waals surface area (Å²) >= 11 is 0. The Morgan fingerprint density at radius 1 is 1.04 bits per heavy atom. The van der Waals surface area contributed by atoms with Gasteiger partial charge in [0.25, 0.3) is 0 Å². The second-order valence-electron chi connectivity index (χ2n) is 4.79. The summed E-state index contributed by atoms with van der Waals surface area (Å²) in [5.74, 6) is -2.40. The van der Waals surface area contributed by atoms with Gasteiger partial charge in [-0.25, -0.2) is 9.18 Å². The highest BCUT2D eigenvalue weighted by molar-refractivity contribution is 6.01. The molecule has 0 aliphatic rings. The van der Waals surface area contributed by atoms with Gasteiger partial charge in [0.2, 0.25) is 11.7 Å². The van der Waals surface area contributed by atoms with Gasteiger partial charge in [-0.1, -0.05) is 0 Å². The van der Waals surface area contributed by atoms with E-state index in [2.05, 4.69) is 0 Å². The van der Waals surface area contributed by atoms with Crippen molar-refractivity contribution in [3.63, 3.8) is 0 Å². The number of methoxy groups -OCH3 is 1. The minimum Gasteiger partial charge on any atom is -0.496 e. The van der Waals surface area contributed by atoms with Gasteiger partial charge in [-0.05, 0) is 42.5 Å². The average molecular weight is 331 g/mol. The van der Waals surface area contributed by atoms with Crippen molar-refractivity contribution in [2.24, 2.45) is 5.73 Å². The third kappa shape index (κ3) is 3.95. The van der Waals surface area contributed by atoms with Gasteiger partial charge in [-0.2, -0.15) is 0 Å². The monoisotopic (exact) mass is 331 g/mol. The fraction of sp³-hybridized carbons (Fsp3) is 0.118. The minimum absolute atomic E-state index is 0.0191. The maximum Gasteiger partial charge on any atom is 0.338 e. The zero-order valence-electron chi connectivity index (χ0n) is 12.7. The standard InChI is InChI=1S/C17H14FNO5/c1-23-15-7-6-12(18)8-13(15)14(20)9-24-17(22)11-4-2-10(3-5-11)16(19)21/h2-8H,9H2,1H3,(H2,19,21). The predicted octanol–water partition coefficient (Wildman–Crippen LogP) is 1.97. The third-order valence-electron chi connectivity index (χ3n) is 3.20. The first-order chi connectivity index (χ1) is 11.4. The minimum atomic E-state index is -0.755. The molecule has 0 saturated heterocycles. The van der Waals surface area contributed by atoms with Gasteiger partial charge < -0.3 is 15.2 Å². The summed E-state index contributed by atoms with van der Waals surface area (Å²) in [6, 6.07) is 8.93. The molecule has 0 saturated carbocycles. The molecule has 2 aromatic rings. The molecule has 0 spiro atoms. The zero-order chi connectivity index (χ0) is 17.7. The molecule has 0 aliphatic heterocycles. The number of halogens is 1. The highest BCUT2D eigenvalue weighted by Gasteiger charge is 2.16. The predicted molar refractivity (Wildman–Crippen MR) is 82.5 cm³/mol. The van der Waals surface area contributed by atoms with Gasteiger partial charge >= 0.3 is 5.97 Å². The molecule has 0 aliphatic carbocycles. The number of carbonyl (C=O) groups excluding carboxylic acids is 3. The van der Waals surface area contributed by atoms with Crippen LogP contribution in [-0.4, -0.2) is 31.4 Å². The molecule has 24 heavy (non-hydrogen) atoms. The lowest BCUT2D eigenvalue weighted by atomic mass is 10.1. The van der Waals surface area contributed by atoms with Crippen molar-refractivity contribution in [2.45, 2.75) is 0 Å². The molecule has 124 valence electrons. The van der Waals surface area contributed by atoms with Crippen LogP contribution in [0.3, 0.4) is 0 Å². The van der Waals surface area contributed by atoms with E-state index in [0.717, 1.165) is 12.1 Å². The molecule has 2 N–H and O–H groups in total. The normalized spacial score (nSPS) is 10.1. The highest BCUT2D eigenvalue weighted by atomic mass is 19.1. The molecule has 0 radical (unpaired) electrons. The van der Waals surface area contributed by atoms with Crippen molar-refractivity contribution in [1.29, 1.82) is 0 Å². The van der Waals surface area contributed by atoms with Crippen LogP contribution >= 0.6 is 0 Å². The lowest BCUT2D eigenvalue weighted by molar-refractivity contribution is 0.0473. The van der Waals surface area contributed by atoms with Crippen LogP contribution in [0.2, 0.25) is 0 Å². The molecule has 7 heteroatoms. The van der Waals surface area contributed by atoms with E-state index in [-0.39, 0.29) is 22.4 Å². The number of nitrogens with two attached hydrogens (primary N) is 1. The maximum atomic E-state index is 13.3. The van der Waals surface area contributed by atoms with Crippen LogP contribution in [0.15, 0.2) is 42.5 Å². The Hall–Kier alpha value is -3.22. The van der Waals surface area contributed by atoms with E-state index < -0.39 is 30.1 Å². The van der Waals surface area contributed by atoms with E-state index in [4.69, 9.17) is 15.2 Å². The topological polar surface area (TPSA) is 95.7 Å². The molecule has 2 aromatic carbocycles. The molecule has 0 atom stereocenters. The van der Waals surface area contributed by atoms with Crippen LogP contribution in [0.5, 0.6) is 5.75 Å². The quantitative estimate of drug-likeness (QED) is 0.645. The van der Waals surface area contributed by atoms with Crippen LogP contribution in [0, 0.1) is 5.82 Å². The molecule has 2 rings (SSSR count). The van der Waals surface area contributed by atoms with Crippen molar-refractivity contribution < 1.29 is 28.2 Å². The SMILES string of the molecule is COc1ccc(F)cc1C(=O)COC(=O)c1ccc(C(N)=O)cc1. The Labute approximate surface area is 137 Å². The van der Waals surface area contributed by atoms with Crippen molar-refractivity contribution in [2.75, 3.05) is 13.7 Å². The summed E-state index contributed by atoms with van der Waals surface area (Å²) in [6.07, 6.45) is 0. The van der Waals surface area contributed by atoms with Gasteiger partial charge in [-0.3, -0.25) is 9.59 Å². The van der Waals surface area contributed by atoms with Crippen LogP contribution in [0.25, 0.3) is 0 Å². The first-order valence-electron chi connectivity index (χ1n) is 6.86. The molecular formula is C17H14FNO5. The van der Waals surface area contributed by atoms with Gasteiger partial charge in [0.1, 0.15) is 11.6 Å². The third-order valence-corrected chi connectivity index (χ3v) is 3.20. The van der Waals surface area contributed by atoms with E-state index >= 15 is 0 Å². The first-order valence-corrected chi connectivity index (χ1v) is 6.86. The van der Waals surface area contributed by atoms with Crippen molar-refractivity contribution >= 4 is 17.7 Å². The summed E-state index contributed by atoms with van der Waals surface area (Å²) in [6.45, 7) is -0.573. The van der Waals surface area contributed by atoms with Crippen molar-refractivity contribution in [1.82, 2.24) is 0 Å². The van der Waals surface area contributed by atoms with Crippen LogP contribution < -0.4 is 10.5 Å². The Kier molecular flexibility index (Phi) is 5.26. The average Bonchev–Trinajstić information content (AvgIpc) is 2.59. The van der Waals surface area contributed by atoms with Crippen LogP contribution in [-0.2, 0) is 4.74 Å². The van der Waals surface area contributed by atoms with Crippen molar-refractivity contribution in [3.05, 3.63) is 65.0 Å². The summed E-state index contributed by atoms with van der Waals surface area (Å²) < 4.78 is 23.1. The number of rotatable bonds is 6. The number of ether oxygens (including phenoxy) is 2. The summed E-state index contributed by atoms with van der Waals surface area (Å²) in [5.41, 5.74) is 5.48. The van der Waals surface area contributed by atoms with E-state index in [1.807, 2.05) is 0 Å². The molecule has 0 fully saturated rings. The number of benzene rings is 2. The molecule has 0 heterocycles. The summed E-state index contributed by atoms with van der Waals surface area (Å²) in [7, 11) is 1.34. The Balaban J connectivity index is 2.04. The van der Waals surface area contributed by atoms with Crippen LogP contribution in [0.4, 0.5) is 4.39 Å². The summed E-state index contributed by atoms with van der Waals surface area (Å²) in [5, 5.41) is 0. The van der Waals surface area contributed by atoms with Crippen molar-refractivity contribution in [3.8, 4) is 5.75 Å².